The van der Waals surface area contributed by atoms with Gasteiger partial charge in [-0.1, -0.05) is 17.7 Å². The first-order valence-corrected chi connectivity index (χ1v) is 9.39. The fourth-order valence-corrected chi connectivity index (χ4v) is 2.55. The Kier molecular flexibility index (Phi) is 8.06. The molecule has 2 aromatic carbocycles. The van der Waals surface area contributed by atoms with Gasteiger partial charge < -0.3 is 24.3 Å². The molecule has 30 heavy (non-hydrogen) atoms. The monoisotopic (exact) mass is 435 g/mol. The Balaban J connectivity index is 2.07. The number of ketones is 1. The Morgan fingerprint density at radius 1 is 1.03 bits per heavy atom. The number of carbonyl (C=O) groups is 3. The van der Waals surface area contributed by atoms with Crippen molar-refractivity contribution < 1.29 is 33.3 Å². The molecule has 1 N–H and O–H groups in total. The number of hydrogen-bond donors (Lipinski definition) is 1. The highest BCUT2D eigenvalue weighted by Crippen LogP contribution is 2.26. The van der Waals surface area contributed by atoms with Crippen molar-refractivity contribution in [2.75, 3.05) is 20.3 Å². The summed E-state index contributed by atoms with van der Waals surface area (Å²) in [5, 5.41) is 2.91. The van der Waals surface area contributed by atoms with E-state index in [-0.39, 0.29) is 13.2 Å². The summed E-state index contributed by atoms with van der Waals surface area (Å²) in [5.74, 6) is -0.571. The molecule has 0 heterocycles. The van der Waals surface area contributed by atoms with E-state index >= 15 is 0 Å². The molecule has 9 heteroatoms. The van der Waals surface area contributed by atoms with Gasteiger partial charge >= 0.3 is 12.1 Å². The molecule has 8 nitrogen and oxygen atoms in total. The van der Waals surface area contributed by atoms with Crippen molar-refractivity contribution in [2.45, 2.75) is 19.4 Å². The van der Waals surface area contributed by atoms with Gasteiger partial charge in [-0.3, -0.25) is 4.79 Å². The molecule has 1 unspecified atom stereocenters. The van der Waals surface area contributed by atoms with E-state index in [4.69, 9.17) is 25.8 Å². The Hall–Kier alpha value is -3.26. The third-order valence-corrected chi connectivity index (χ3v) is 4.14. The number of nitrogens with one attached hydrogen (secondary N) is 1. The topological polar surface area (TPSA) is 100 Å². The van der Waals surface area contributed by atoms with E-state index in [1.807, 2.05) is 0 Å². The molecule has 1 atom stereocenters. The molecular weight excluding hydrogens is 414 g/mol. The highest BCUT2D eigenvalue weighted by Gasteiger charge is 2.41. The number of esters is 1. The molecule has 0 spiro atoms. The predicted octanol–water partition coefficient (Wildman–Crippen LogP) is 3.76. The fourth-order valence-electron chi connectivity index (χ4n) is 2.37. The largest absolute Gasteiger partial charge is 0.491 e. The lowest BCUT2D eigenvalue weighted by molar-refractivity contribution is -0.155. The third-order valence-electron chi connectivity index (χ3n) is 3.91. The van der Waals surface area contributed by atoms with Crippen LogP contribution in [0, 0.1) is 0 Å². The van der Waals surface area contributed by atoms with Crippen LogP contribution in [0.2, 0.25) is 5.02 Å². The summed E-state index contributed by atoms with van der Waals surface area (Å²) in [6, 6.07) is 13.5. The fraction of sp³-hybridized carbons (Fsp3) is 0.286. The molecule has 0 fully saturated rings. The van der Waals surface area contributed by atoms with Gasteiger partial charge in [0, 0.05) is 5.02 Å². The molecule has 160 valence electrons. The molecule has 2 rings (SSSR count). The van der Waals surface area contributed by atoms with Crippen LogP contribution in [0.4, 0.5) is 4.79 Å². The molecular formula is C21H22ClNO7. The van der Waals surface area contributed by atoms with Crippen molar-refractivity contribution in [2.24, 2.45) is 0 Å². The van der Waals surface area contributed by atoms with Gasteiger partial charge in [0.05, 0.1) is 13.7 Å². The van der Waals surface area contributed by atoms with Crippen LogP contribution in [0.1, 0.15) is 13.8 Å². The van der Waals surface area contributed by atoms with Gasteiger partial charge in [0.25, 0.3) is 5.78 Å². The minimum atomic E-state index is -1.69. The minimum Gasteiger partial charge on any atom is -0.491 e. The normalized spacial score (nSPS) is 12.3. The zero-order chi connectivity index (χ0) is 22.1. The summed E-state index contributed by atoms with van der Waals surface area (Å²) in [5.41, 5.74) is -1.69. The maximum Gasteiger partial charge on any atom is 0.408 e. The zero-order valence-corrected chi connectivity index (χ0v) is 17.5. The summed E-state index contributed by atoms with van der Waals surface area (Å²) < 4.78 is 20.6. The van der Waals surface area contributed by atoms with Crippen LogP contribution >= 0.6 is 11.6 Å². The molecule has 1 amide bonds. The smallest absolute Gasteiger partial charge is 0.408 e. The number of alkyl carbamates (subject to hydrolysis) is 1. The lowest BCUT2D eigenvalue weighted by atomic mass is 9.97. The molecule has 2 aromatic rings. The number of carbonyl (C=O) groups excluding carboxylic acids is 3. The van der Waals surface area contributed by atoms with Crippen molar-refractivity contribution in [3.8, 4) is 17.2 Å². The molecule has 0 aliphatic heterocycles. The number of rotatable bonds is 9. The van der Waals surface area contributed by atoms with Crippen molar-refractivity contribution >= 4 is 29.4 Å². The Morgan fingerprint density at radius 2 is 1.70 bits per heavy atom. The van der Waals surface area contributed by atoms with E-state index in [0.29, 0.717) is 22.3 Å². The van der Waals surface area contributed by atoms with E-state index in [9.17, 15) is 14.4 Å². The van der Waals surface area contributed by atoms with E-state index in [2.05, 4.69) is 10.1 Å². The first kappa shape index (κ1) is 23.0. The molecule has 0 aliphatic rings. The first-order chi connectivity index (χ1) is 14.3. The minimum absolute atomic E-state index is 0.100. The van der Waals surface area contributed by atoms with E-state index in [0.717, 1.165) is 7.11 Å². The van der Waals surface area contributed by atoms with Crippen molar-refractivity contribution in [3.63, 3.8) is 0 Å². The highest BCUT2D eigenvalue weighted by molar-refractivity contribution is 6.37. The number of ether oxygens (including phenoxy) is 4. The molecule has 0 aliphatic carbocycles. The average molecular weight is 436 g/mol. The molecule has 0 saturated heterocycles. The number of methoxy groups -OCH3 is 1. The number of amides is 1. The summed E-state index contributed by atoms with van der Waals surface area (Å²) >= 11 is 5.93. The maximum absolute atomic E-state index is 12.4. The van der Waals surface area contributed by atoms with E-state index in [1.165, 1.54) is 6.92 Å². The average Bonchev–Trinajstić information content (AvgIpc) is 2.72. The van der Waals surface area contributed by atoms with Crippen LogP contribution in [0.3, 0.4) is 0 Å². The number of halogens is 1. The highest BCUT2D eigenvalue weighted by atomic mass is 35.5. The van der Waals surface area contributed by atoms with Crippen LogP contribution in [0.5, 0.6) is 17.2 Å². The van der Waals surface area contributed by atoms with Crippen LogP contribution < -0.4 is 14.8 Å². The van der Waals surface area contributed by atoms with Gasteiger partial charge in [0.1, 0.15) is 29.4 Å². The summed E-state index contributed by atoms with van der Waals surface area (Å²) in [4.78, 5) is 35.9. The summed E-state index contributed by atoms with van der Waals surface area (Å²) in [7, 11) is 1.07. The summed E-state index contributed by atoms with van der Waals surface area (Å²) in [6.07, 6.45) is -0.855. The van der Waals surface area contributed by atoms with Gasteiger partial charge in [-0.05, 0) is 56.3 Å². The second kappa shape index (κ2) is 10.5. The lowest BCUT2D eigenvalue weighted by Gasteiger charge is -2.27. The van der Waals surface area contributed by atoms with E-state index in [1.54, 1.807) is 55.5 Å². The second-order valence-electron chi connectivity index (χ2n) is 6.32. The zero-order valence-electron chi connectivity index (χ0n) is 16.8. The molecule has 0 bridgehead atoms. The lowest BCUT2D eigenvalue weighted by Crippen LogP contribution is -2.58. The number of benzene rings is 2. The Morgan fingerprint density at radius 3 is 2.30 bits per heavy atom. The predicted molar refractivity (Wildman–Crippen MR) is 109 cm³/mol. The Bertz CT molecular complexity index is 900. The van der Waals surface area contributed by atoms with Gasteiger partial charge in [0.2, 0.25) is 0 Å². The van der Waals surface area contributed by atoms with Crippen LogP contribution in [0.25, 0.3) is 0 Å². The van der Waals surface area contributed by atoms with Gasteiger partial charge in [-0.25, -0.2) is 9.59 Å². The van der Waals surface area contributed by atoms with Gasteiger partial charge in [0.15, 0.2) is 0 Å². The SMILES string of the molecule is CCOC(=O)NC(C)(COc1ccc(Oc2cccc(Cl)c2)cc1)C(=O)C(=O)OC. The van der Waals surface area contributed by atoms with E-state index < -0.39 is 23.4 Å². The molecule has 0 aromatic heterocycles. The van der Waals surface area contributed by atoms with Crippen molar-refractivity contribution in [3.05, 3.63) is 53.6 Å². The van der Waals surface area contributed by atoms with Gasteiger partial charge in [-0.2, -0.15) is 0 Å². The van der Waals surface area contributed by atoms with Crippen molar-refractivity contribution in [1.29, 1.82) is 0 Å². The summed E-state index contributed by atoms with van der Waals surface area (Å²) in [6.45, 7) is 2.74. The van der Waals surface area contributed by atoms with Gasteiger partial charge in [-0.15, -0.1) is 0 Å². The van der Waals surface area contributed by atoms with Crippen LogP contribution in [0.15, 0.2) is 48.5 Å². The quantitative estimate of drug-likeness (QED) is 0.472. The maximum atomic E-state index is 12.4. The number of Topliss-reactive ketones (excluding diaryl/α,β-unsaturated/α-hetero) is 1. The standard InChI is InChI=1S/C21H22ClNO7/c1-4-28-20(26)23-21(2,18(24)19(25)27-3)13-29-15-8-10-16(11-9-15)30-17-7-5-6-14(22)12-17/h5-12H,4,13H2,1-3H3,(H,23,26). The number of hydrogen-bond acceptors (Lipinski definition) is 7. The first-order valence-electron chi connectivity index (χ1n) is 9.01. The van der Waals surface area contributed by atoms with Crippen molar-refractivity contribution in [1.82, 2.24) is 5.32 Å². The Labute approximate surface area is 179 Å². The molecule has 0 saturated carbocycles. The van der Waals surface area contributed by atoms with Crippen LogP contribution in [-0.2, 0) is 19.1 Å². The van der Waals surface area contributed by atoms with Crippen LogP contribution in [-0.4, -0.2) is 43.7 Å². The molecule has 0 radical (unpaired) electrons. The third kappa shape index (κ3) is 6.38. The second-order valence-corrected chi connectivity index (χ2v) is 6.75.